The van der Waals surface area contributed by atoms with Gasteiger partial charge in [0.15, 0.2) is 5.78 Å². The van der Waals surface area contributed by atoms with Crippen LogP contribution in [0, 0.1) is 0 Å². The Balaban J connectivity index is 2.44. The molecule has 5 heteroatoms. The summed E-state index contributed by atoms with van der Waals surface area (Å²) in [5.41, 5.74) is 1.74. The number of nitrogens with zero attached hydrogens (tertiary/aromatic N) is 1. The number of ketones is 1. The molecule has 2 rings (SSSR count). The van der Waals surface area contributed by atoms with Crippen LogP contribution in [0.25, 0.3) is 6.08 Å². The molecule has 0 atom stereocenters. The minimum atomic E-state index is 0.219. The number of ether oxygens (including phenoxy) is 1. The standard InChI is InChI=1S/C14H15Br2NO2/c1-17-4-3-13(18)10(8-17)5-9-6-11(15)7-12(16)14(9)19-2/h5-7H,3-4,8H2,1-2H3/b10-5+. The van der Waals surface area contributed by atoms with E-state index in [9.17, 15) is 4.79 Å². The van der Waals surface area contributed by atoms with Crippen molar-refractivity contribution < 1.29 is 9.53 Å². The van der Waals surface area contributed by atoms with E-state index in [4.69, 9.17) is 4.74 Å². The predicted molar refractivity (Wildman–Crippen MR) is 83.5 cm³/mol. The number of hydrogen-bond acceptors (Lipinski definition) is 3. The molecule has 1 fully saturated rings. The molecule has 1 aliphatic rings. The van der Waals surface area contributed by atoms with E-state index in [0.29, 0.717) is 13.0 Å². The van der Waals surface area contributed by atoms with Crippen molar-refractivity contribution in [1.82, 2.24) is 4.90 Å². The monoisotopic (exact) mass is 387 g/mol. The second kappa shape index (κ2) is 6.20. The van der Waals surface area contributed by atoms with Gasteiger partial charge in [0.1, 0.15) is 5.75 Å². The van der Waals surface area contributed by atoms with Gasteiger partial charge in [-0.15, -0.1) is 0 Å². The molecule has 1 aromatic rings. The molecule has 0 aliphatic carbocycles. The average molecular weight is 389 g/mol. The Kier molecular flexibility index (Phi) is 4.81. The largest absolute Gasteiger partial charge is 0.495 e. The Morgan fingerprint density at radius 2 is 2.11 bits per heavy atom. The number of benzene rings is 1. The van der Waals surface area contributed by atoms with Crippen LogP contribution in [0.1, 0.15) is 12.0 Å². The van der Waals surface area contributed by atoms with Crippen LogP contribution in [0.15, 0.2) is 26.7 Å². The van der Waals surface area contributed by atoms with Crippen LogP contribution in [0.4, 0.5) is 0 Å². The van der Waals surface area contributed by atoms with Gasteiger partial charge >= 0.3 is 0 Å². The van der Waals surface area contributed by atoms with E-state index < -0.39 is 0 Å². The Hall–Kier alpha value is -0.650. The van der Waals surface area contributed by atoms with Gasteiger partial charge in [0, 0.05) is 35.1 Å². The molecular weight excluding hydrogens is 374 g/mol. The van der Waals surface area contributed by atoms with E-state index in [2.05, 4.69) is 36.8 Å². The molecule has 0 amide bonds. The van der Waals surface area contributed by atoms with Crippen LogP contribution in [-0.2, 0) is 4.79 Å². The molecule has 19 heavy (non-hydrogen) atoms. The lowest BCUT2D eigenvalue weighted by Crippen LogP contribution is -2.32. The van der Waals surface area contributed by atoms with Gasteiger partial charge in [-0.1, -0.05) is 15.9 Å². The molecular formula is C14H15Br2NO2. The minimum absolute atomic E-state index is 0.219. The third kappa shape index (κ3) is 3.46. The Morgan fingerprint density at radius 3 is 2.79 bits per heavy atom. The first kappa shape index (κ1) is 14.8. The highest BCUT2D eigenvalue weighted by Gasteiger charge is 2.19. The van der Waals surface area contributed by atoms with Crippen molar-refractivity contribution in [2.45, 2.75) is 6.42 Å². The molecule has 102 valence electrons. The van der Waals surface area contributed by atoms with Crippen molar-refractivity contribution in [3.8, 4) is 5.75 Å². The van der Waals surface area contributed by atoms with Crippen LogP contribution in [0.5, 0.6) is 5.75 Å². The summed E-state index contributed by atoms with van der Waals surface area (Å²) in [5, 5.41) is 0. The molecule has 0 bridgehead atoms. The number of carbonyl (C=O) groups excluding carboxylic acids is 1. The molecule has 3 nitrogen and oxygen atoms in total. The number of rotatable bonds is 2. The molecule has 1 aromatic carbocycles. The highest BCUT2D eigenvalue weighted by Crippen LogP contribution is 2.34. The van der Waals surface area contributed by atoms with Crippen molar-refractivity contribution in [3.05, 3.63) is 32.2 Å². The molecule has 1 heterocycles. The third-order valence-electron chi connectivity index (χ3n) is 3.09. The van der Waals surface area contributed by atoms with E-state index in [1.54, 1.807) is 7.11 Å². The first-order chi connectivity index (χ1) is 9.01. The van der Waals surface area contributed by atoms with E-state index in [0.717, 1.165) is 32.4 Å². The summed E-state index contributed by atoms with van der Waals surface area (Å²) in [6.45, 7) is 1.52. The second-order valence-corrected chi connectivity index (χ2v) is 6.36. The van der Waals surface area contributed by atoms with Gasteiger partial charge in [-0.05, 0) is 41.2 Å². The summed E-state index contributed by atoms with van der Waals surface area (Å²) >= 11 is 6.93. The molecule has 0 N–H and O–H groups in total. The Labute approximate surface area is 129 Å². The van der Waals surface area contributed by atoms with Crippen molar-refractivity contribution >= 4 is 43.7 Å². The summed E-state index contributed by atoms with van der Waals surface area (Å²) in [4.78, 5) is 14.1. The highest BCUT2D eigenvalue weighted by molar-refractivity contribution is 9.11. The lowest BCUT2D eigenvalue weighted by molar-refractivity contribution is -0.117. The Bertz CT molecular complexity index is 540. The summed E-state index contributed by atoms with van der Waals surface area (Å²) in [5.74, 6) is 0.966. The molecule has 1 aliphatic heterocycles. The zero-order chi connectivity index (χ0) is 14.0. The molecule has 1 saturated heterocycles. The fourth-order valence-corrected chi connectivity index (χ4v) is 3.55. The zero-order valence-corrected chi connectivity index (χ0v) is 14.0. The number of piperidine rings is 1. The van der Waals surface area contributed by atoms with Gasteiger partial charge in [0.05, 0.1) is 11.6 Å². The predicted octanol–water partition coefficient (Wildman–Crippen LogP) is 3.51. The summed E-state index contributed by atoms with van der Waals surface area (Å²) < 4.78 is 7.21. The minimum Gasteiger partial charge on any atom is -0.495 e. The van der Waals surface area contributed by atoms with Crippen molar-refractivity contribution in [1.29, 1.82) is 0 Å². The second-order valence-electron chi connectivity index (χ2n) is 4.59. The summed E-state index contributed by atoms with van der Waals surface area (Å²) in [7, 11) is 3.65. The maximum Gasteiger partial charge on any atom is 0.161 e. The van der Waals surface area contributed by atoms with Crippen LogP contribution in [-0.4, -0.2) is 37.9 Å². The van der Waals surface area contributed by atoms with Gasteiger partial charge in [0.2, 0.25) is 0 Å². The average Bonchev–Trinajstić information content (AvgIpc) is 2.33. The van der Waals surface area contributed by atoms with Crippen LogP contribution < -0.4 is 4.74 Å². The van der Waals surface area contributed by atoms with Crippen LogP contribution in [0.2, 0.25) is 0 Å². The van der Waals surface area contributed by atoms with Crippen molar-refractivity contribution in [3.63, 3.8) is 0 Å². The maximum absolute atomic E-state index is 12.0. The van der Waals surface area contributed by atoms with Gasteiger partial charge in [-0.3, -0.25) is 4.79 Å². The van der Waals surface area contributed by atoms with Gasteiger partial charge in [-0.2, -0.15) is 0 Å². The number of likely N-dealkylation sites (N-methyl/N-ethyl adjacent to an activating group) is 1. The number of methoxy groups -OCH3 is 1. The van der Waals surface area contributed by atoms with Crippen LogP contribution in [0.3, 0.4) is 0 Å². The normalized spacial score (nSPS) is 18.9. The molecule has 0 radical (unpaired) electrons. The summed E-state index contributed by atoms with van der Waals surface area (Å²) in [6.07, 6.45) is 2.51. The quantitative estimate of drug-likeness (QED) is 0.726. The fraction of sp³-hybridized carbons (Fsp3) is 0.357. The number of Topliss-reactive ketones (excluding diaryl/α,β-unsaturated/α-hetero) is 1. The molecule has 0 aromatic heterocycles. The van der Waals surface area contributed by atoms with E-state index in [1.165, 1.54) is 0 Å². The molecule has 0 saturated carbocycles. The zero-order valence-electron chi connectivity index (χ0n) is 10.9. The van der Waals surface area contributed by atoms with Crippen molar-refractivity contribution in [2.75, 3.05) is 27.2 Å². The van der Waals surface area contributed by atoms with Crippen LogP contribution >= 0.6 is 31.9 Å². The van der Waals surface area contributed by atoms with E-state index >= 15 is 0 Å². The lowest BCUT2D eigenvalue weighted by atomic mass is 10.0. The van der Waals surface area contributed by atoms with Crippen molar-refractivity contribution in [2.24, 2.45) is 0 Å². The van der Waals surface area contributed by atoms with E-state index in [1.807, 2.05) is 25.3 Å². The first-order valence-electron chi connectivity index (χ1n) is 5.96. The highest BCUT2D eigenvalue weighted by atomic mass is 79.9. The first-order valence-corrected chi connectivity index (χ1v) is 7.55. The smallest absolute Gasteiger partial charge is 0.161 e. The fourth-order valence-electron chi connectivity index (χ4n) is 2.13. The number of likely N-dealkylation sites (tertiary alicyclic amines) is 1. The maximum atomic E-state index is 12.0. The van der Waals surface area contributed by atoms with Gasteiger partial charge in [-0.25, -0.2) is 0 Å². The SMILES string of the molecule is COc1c(Br)cc(Br)cc1/C=C1\CN(C)CCC1=O. The number of carbonyl (C=O) groups is 1. The Morgan fingerprint density at radius 1 is 1.37 bits per heavy atom. The molecule has 0 spiro atoms. The topological polar surface area (TPSA) is 29.5 Å². The number of halogens is 2. The van der Waals surface area contributed by atoms with Gasteiger partial charge in [0.25, 0.3) is 0 Å². The molecule has 0 unspecified atom stereocenters. The number of hydrogen-bond donors (Lipinski definition) is 0. The van der Waals surface area contributed by atoms with E-state index in [-0.39, 0.29) is 5.78 Å². The lowest BCUT2D eigenvalue weighted by Gasteiger charge is -2.23. The third-order valence-corrected chi connectivity index (χ3v) is 4.14. The summed E-state index contributed by atoms with van der Waals surface area (Å²) in [6, 6.07) is 3.88. The van der Waals surface area contributed by atoms with Gasteiger partial charge < -0.3 is 9.64 Å².